The smallest absolute Gasteiger partial charge is 0.238 e. The summed E-state index contributed by atoms with van der Waals surface area (Å²) in [6.45, 7) is 5.89. The maximum absolute atomic E-state index is 13.1. The Morgan fingerprint density at radius 1 is 1.03 bits per heavy atom. The number of sulfonamides is 1. The summed E-state index contributed by atoms with van der Waals surface area (Å²) in [6.07, 6.45) is 0.957. The Kier molecular flexibility index (Phi) is 5.36. The molecule has 0 atom stereocenters. The predicted octanol–water partition coefficient (Wildman–Crippen LogP) is 2.98. The van der Waals surface area contributed by atoms with E-state index in [4.69, 9.17) is 5.14 Å². The molecule has 2 heterocycles. The van der Waals surface area contributed by atoms with Crippen LogP contribution in [0.1, 0.15) is 32.9 Å². The van der Waals surface area contributed by atoms with E-state index in [1.54, 1.807) is 12.1 Å². The van der Waals surface area contributed by atoms with Crippen LogP contribution in [0.4, 0.5) is 0 Å². The zero-order valence-electron chi connectivity index (χ0n) is 17.1. The molecule has 0 bridgehead atoms. The third kappa shape index (κ3) is 3.96. The molecule has 0 radical (unpaired) electrons. The van der Waals surface area contributed by atoms with Gasteiger partial charge >= 0.3 is 0 Å². The summed E-state index contributed by atoms with van der Waals surface area (Å²) in [5, 5.41) is 5.18. The van der Waals surface area contributed by atoms with Gasteiger partial charge in [-0.2, -0.15) is 0 Å². The van der Waals surface area contributed by atoms with Gasteiger partial charge in [-0.25, -0.2) is 13.6 Å². The molecule has 2 N–H and O–H groups in total. The van der Waals surface area contributed by atoms with Crippen LogP contribution in [-0.4, -0.2) is 36.8 Å². The minimum Gasteiger partial charge on any atom is -0.318 e. The lowest BCUT2D eigenvalue weighted by atomic mass is 9.99. The van der Waals surface area contributed by atoms with E-state index in [1.165, 1.54) is 23.3 Å². The van der Waals surface area contributed by atoms with Gasteiger partial charge in [-0.1, -0.05) is 24.3 Å². The highest BCUT2D eigenvalue weighted by Gasteiger charge is 2.22. The van der Waals surface area contributed by atoms with Crippen molar-refractivity contribution in [2.45, 2.75) is 31.7 Å². The van der Waals surface area contributed by atoms with Gasteiger partial charge in [0.15, 0.2) is 5.78 Å². The fourth-order valence-corrected chi connectivity index (χ4v) is 4.72. The molecule has 1 aliphatic rings. The summed E-state index contributed by atoms with van der Waals surface area (Å²) in [5.74, 6) is 0.0925. The molecule has 0 aliphatic carbocycles. The third-order valence-electron chi connectivity index (χ3n) is 5.73. The van der Waals surface area contributed by atoms with Gasteiger partial charge in [0, 0.05) is 35.7 Å². The molecule has 3 aromatic rings. The topological polar surface area (TPSA) is 85.4 Å². The number of rotatable bonds is 5. The molecule has 1 aliphatic heterocycles. The van der Waals surface area contributed by atoms with Crippen LogP contribution < -0.4 is 5.14 Å². The van der Waals surface area contributed by atoms with Crippen LogP contribution in [0.15, 0.2) is 59.5 Å². The number of carbonyl (C=O) groups is 1. The molecule has 0 saturated carbocycles. The first kappa shape index (κ1) is 20.5. The molecule has 4 rings (SSSR count). The van der Waals surface area contributed by atoms with Crippen LogP contribution >= 0.6 is 0 Å². The van der Waals surface area contributed by atoms with E-state index >= 15 is 0 Å². The molecule has 0 unspecified atom stereocenters. The predicted molar refractivity (Wildman–Crippen MR) is 116 cm³/mol. The van der Waals surface area contributed by atoms with Crippen LogP contribution in [0.25, 0.3) is 5.69 Å². The summed E-state index contributed by atoms with van der Waals surface area (Å²) < 4.78 is 25.0. The molecule has 7 heteroatoms. The van der Waals surface area contributed by atoms with Crippen molar-refractivity contribution in [2.24, 2.45) is 5.14 Å². The van der Waals surface area contributed by atoms with Crippen molar-refractivity contribution in [3.63, 3.8) is 0 Å². The second-order valence-electron chi connectivity index (χ2n) is 7.81. The van der Waals surface area contributed by atoms with Crippen molar-refractivity contribution in [1.82, 2.24) is 9.47 Å². The van der Waals surface area contributed by atoms with Crippen LogP contribution in [0, 0.1) is 13.8 Å². The highest BCUT2D eigenvalue weighted by atomic mass is 32.2. The molecular weight excluding hydrogens is 398 g/mol. The third-order valence-corrected chi connectivity index (χ3v) is 6.66. The number of nitrogens with two attached hydrogens (primary N) is 1. The first-order chi connectivity index (χ1) is 14.2. The van der Waals surface area contributed by atoms with E-state index in [2.05, 4.69) is 23.1 Å². The highest BCUT2D eigenvalue weighted by molar-refractivity contribution is 7.89. The minimum atomic E-state index is -3.74. The van der Waals surface area contributed by atoms with Gasteiger partial charge in [-0.3, -0.25) is 9.69 Å². The maximum atomic E-state index is 13.1. The molecule has 0 saturated heterocycles. The Balaban J connectivity index is 1.55. The molecule has 0 amide bonds. The lowest BCUT2D eigenvalue weighted by molar-refractivity contribution is 0.0921. The van der Waals surface area contributed by atoms with E-state index in [0.29, 0.717) is 12.1 Å². The summed E-state index contributed by atoms with van der Waals surface area (Å²) in [6, 6.07) is 16.7. The highest BCUT2D eigenvalue weighted by Crippen LogP contribution is 2.24. The van der Waals surface area contributed by atoms with Gasteiger partial charge in [0.25, 0.3) is 0 Å². The quantitative estimate of drug-likeness (QED) is 0.640. The number of aryl methyl sites for hydroxylation is 1. The average molecular weight is 424 g/mol. The number of hydrogen-bond acceptors (Lipinski definition) is 4. The summed E-state index contributed by atoms with van der Waals surface area (Å²) >= 11 is 0. The molecule has 2 aromatic carbocycles. The number of ketones is 1. The van der Waals surface area contributed by atoms with Crippen molar-refractivity contribution in [3.05, 3.63) is 82.7 Å². The molecule has 30 heavy (non-hydrogen) atoms. The Morgan fingerprint density at radius 3 is 2.37 bits per heavy atom. The molecule has 0 fully saturated rings. The van der Waals surface area contributed by atoms with Crippen molar-refractivity contribution < 1.29 is 13.2 Å². The Hall–Kier alpha value is -2.74. The largest absolute Gasteiger partial charge is 0.318 e. The fourth-order valence-electron chi connectivity index (χ4n) is 4.20. The fraction of sp³-hybridized carbons (Fsp3) is 0.261. The van der Waals surface area contributed by atoms with Gasteiger partial charge in [-0.15, -0.1) is 0 Å². The van der Waals surface area contributed by atoms with Crippen LogP contribution in [0.5, 0.6) is 0 Å². The summed E-state index contributed by atoms with van der Waals surface area (Å²) in [7, 11) is -3.74. The van der Waals surface area contributed by atoms with E-state index < -0.39 is 10.0 Å². The maximum Gasteiger partial charge on any atom is 0.238 e. The van der Waals surface area contributed by atoms with Crippen LogP contribution in [0.3, 0.4) is 0 Å². The number of Topliss-reactive ketones (excluding diaryl/α,β-unsaturated/α-hetero) is 1. The van der Waals surface area contributed by atoms with Gasteiger partial charge < -0.3 is 4.57 Å². The number of primary sulfonamides is 1. The number of benzene rings is 2. The Morgan fingerprint density at radius 2 is 1.70 bits per heavy atom. The van der Waals surface area contributed by atoms with Crippen molar-refractivity contribution >= 4 is 15.8 Å². The molecule has 156 valence electrons. The van der Waals surface area contributed by atoms with Crippen molar-refractivity contribution in [3.8, 4) is 5.69 Å². The zero-order valence-corrected chi connectivity index (χ0v) is 17.9. The van der Waals surface area contributed by atoms with Gasteiger partial charge in [0.2, 0.25) is 10.0 Å². The average Bonchev–Trinajstić information content (AvgIpc) is 3.01. The Labute approximate surface area is 177 Å². The Bertz CT molecular complexity index is 1210. The molecule has 0 spiro atoms. The standard InChI is InChI=1S/C23H25N3O3S/c1-16-13-22(17(2)26(16)20-7-9-21(10-8-20)30(24,28)29)23(27)15-25-12-11-18-5-3-4-6-19(18)14-25/h3-10,13H,11-12,14-15H2,1-2H3,(H2,24,28,29). The second kappa shape index (κ2) is 7.83. The monoisotopic (exact) mass is 423 g/mol. The zero-order chi connectivity index (χ0) is 21.5. The number of fused-ring (bicyclic) bond motifs is 1. The minimum absolute atomic E-state index is 0.0652. The van der Waals surface area contributed by atoms with Gasteiger partial charge in [-0.05, 0) is 61.7 Å². The summed E-state index contributed by atoms with van der Waals surface area (Å²) in [4.78, 5) is 15.3. The van der Waals surface area contributed by atoms with Crippen molar-refractivity contribution in [1.29, 1.82) is 0 Å². The van der Waals surface area contributed by atoms with Crippen molar-refractivity contribution in [2.75, 3.05) is 13.1 Å². The van der Waals surface area contributed by atoms with E-state index in [0.717, 1.165) is 36.6 Å². The number of hydrogen-bond donors (Lipinski definition) is 1. The van der Waals surface area contributed by atoms with E-state index in [-0.39, 0.29) is 10.7 Å². The molecular formula is C23H25N3O3S. The first-order valence-electron chi connectivity index (χ1n) is 9.88. The van der Waals surface area contributed by atoms with Gasteiger partial charge in [0.05, 0.1) is 11.4 Å². The van der Waals surface area contributed by atoms with E-state index in [9.17, 15) is 13.2 Å². The number of aromatic nitrogens is 1. The molecule has 6 nitrogen and oxygen atoms in total. The first-order valence-corrected chi connectivity index (χ1v) is 11.4. The second-order valence-corrected chi connectivity index (χ2v) is 9.37. The lowest BCUT2D eigenvalue weighted by Gasteiger charge is -2.28. The SMILES string of the molecule is Cc1cc(C(=O)CN2CCc3ccccc3C2)c(C)n1-c1ccc(S(N)(=O)=O)cc1. The van der Waals surface area contributed by atoms with Gasteiger partial charge in [0.1, 0.15) is 0 Å². The number of carbonyl (C=O) groups excluding carboxylic acids is 1. The van der Waals surface area contributed by atoms with Crippen LogP contribution in [-0.2, 0) is 23.0 Å². The normalized spacial score (nSPS) is 14.5. The summed E-state index contributed by atoms with van der Waals surface area (Å²) in [5.41, 5.74) is 5.91. The number of nitrogens with zero attached hydrogens (tertiary/aromatic N) is 2. The molecule has 1 aromatic heterocycles. The van der Waals surface area contributed by atoms with E-state index in [1.807, 2.05) is 30.5 Å². The van der Waals surface area contributed by atoms with Crippen LogP contribution in [0.2, 0.25) is 0 Å². The lowest BCUT2D eigenvalue weighted by Crippen LogP contribution is -2.35.